The van der Waals surface area contributed by atoms with Gasteiger partial charge in [0, 0.05) is 15.6 Å². The predicted molar refractivity (Wildman–Crippen MR) is 136 cm³/mol. The van der Waals surface area contributed by atoms with Crippen molar-refractivity contribution in [2.75, 3.05) is 20.8 Å². The van der Waals surface area contributed by atoms with Crippen molar-refractivity contribution in [3.63, 3.8) is 0 Å². The quantitative estimate of drug-likeness (QED) is 0.446. The third kappa shape index (κ3) is 4.61. The zero-order valence-electron chi connectivity index (χ0n) is 19.4. The number of nitrogens with zero attached hydrogens (tertiary/aromatic N) is 2. The Kier molecular flexibility index (Phi) is 7.35. The van der Waals surface area contributed by atoms with E-state index in [9.17, 15) is 9.59 Å². The number of benzene rings is 2. The zero-order chi connectivity index (χ0) is 25.3. The first-order valence-electron chi connectivity index (χ1n) is 10.7. The van der Waals surface area contributed by atoms with Gasteiger partial charge in [-0.15, -0.1) is 0 Å². The largest absolute Gasteiger partial charge is 0.493 e. The van der Waals surface area contributed by atoms with E-state index in [4.69, 9.17) is 37.4 Å². The highest BCUT2D eigenvalue weighted by atomic mass is 35.5. The molecule has 0 saturated heterocycles. The van der Waals surface area contributed by atoms with Gasteiger partial charge in [-0.1, -0.05) is 46.7 Å². The molecule has 182 valence electrons. The smallest absolute Gasteiger partial charge is 0.338 e. The summed E-state index contributed by atoms with van der Waals surface area (Å²) in [6.45, 7) is 3.63. The summed E-state index contributed by atoms with van der Waals surface area (Å²) >= 11 is 13.8. The molecule has 1 aliphatic rings. The zero-order valence-corrected chi connectivity index (χ0v) is 21.8. The Labute approximate surface area is 215 Å². The maximum atomic E-state index is 13.7. The van der Waals surface area contributed by atoms with E-state index in [1.807, 2.05) is 0 Å². The summed E-state index contributed by atoms with van der Waals surface area (Å²) in [6.07, 6.45) is 1.64. The van der Waals surface area contributed by atoms with Gasteiger partial charge in [0.2, 0.25) is 0 Å². The maximum Gasteiger partial charge on any atom is 0.338 e. The van der Waals surface area contributed by atoms with Gasteiger partial charge in [0.15, 0.2) is 16.3 Å². The number of hydrogen-bond donors (Lipinski definition) is 0. The fraction of sp³-hybridized carbons (Fsp3) is 0.240. The lowest BCUT2D eigenvalue weighted by molar-refractivity contribution is -0.139. The molecule has 7 nitrogen and oxygen atoms in total. The van der Waals surface area contributed by atoms with E-state index < -0.39 is 12.0 Å². The van der Waals surface area contributed by atoms with Crippen LogP contribution >= 0.6 is 34.5 Å². The minimum absolute atomic E-state index is 0.184. The molecule has 1 aliphatic heterocycles. The average Bonchev–Trinajstić information content (AvgIpc) is 3.14. The van der Waals surface area contributed by atoms with E-state index in [-0.39, 0.29) is 17.7 Å². The first-order chi connectivity index (χ1) is 16.8. The first kappa shape index (κ1) is 25.0. The van der Waals surface area contributed by atoms with Gasteiger partial charge >= 0.3 is 5.97 Å². The molecule has 2 heterocycles. The van der Waals surface area contributed by atoms with Crippen molar-refractivity contribution in [1.29, 1.82) is 0 Å². The molecule has 0 aliphatic carbocycles. The van der Waals surface area contributed by atoms with Gasteiger partial charge < -0.3 is 14.2 Å². The van der Waals surface area contributed by atoms with Crippen LogP contribution in [0.4, 0.5) is 0 Å². The molecular formula is C25H22Cl2N2O5S. The molecule has 2 aromatic carbocycles. The van der Waals surface area contributed by atoms with Gasteiger partial charge in [0.1, 0.15) is 0 Å². The normalized spacial score (nSPS) is 15.5. The first-order valence-corrected chi connectivity index (χ1v) is 12.2. The van der Waals surface area contributed by atoms with E-state index in [1.54, 1.807) is 56.3 Å². The molecule has 1 atom stereocenters. The Hall–Kier alpha value is -3.07. The van der Waals surface area contributed by atoms with Gasteiger partial charge in [-0.25, -0.2) is 9.79 Å². The van der Waals surface area contributed by atoms with Crippen LogP contribution in [0.15, 0.2) is 57.5 Å². The van der Waals surface area contributed by atoms with E-state index in [2.05, 4.69) is 4.99 Å². The highest BCUT2D eigenvalue weighted by Crippen LogP contribution is 2.36. The monoisotopic (exact) mass is 532 g/mol. The number of fused-ring (bicyclic) bond motifs is 1. The van der Waals surface area contributed by atoms with Crippen LogP contribution in [0, 0.1) is 0 Å². The van der Waals surface area contributed by atoms with Crippen molar-refractivity contribution in [3.05, 3.63) is 88.5 Å². The van der Waals surface area contributed by atoms with Crippen LogP contribution in [-0.2, 0) is 9.53 Å². The molecule has 0 spiro atoms. The molecule has 0 amide bonds. The van der Waals surface area contributed by atoms with Crippen LogP contribution < -0.4 is 24.4 Å². The minimum atomic E-state index is -0.783. The number of thiazole rings is 1. The summed E-state index contributed by atoms with van der Waals surface area (Å²) in [7, 11) is 3.06. The predicted octanol–water partition coefficient (Wildman–Crippen LogP) is 4.12. The number of halogens is 2. The number of aromatic nitrogens is 1. The SMILES string of the molecule is CCOC(=O)C1=C(C)N=c2s/c(=C/c3c(Cl)cccc3Cl)c(=O)n2[C@H]1c1ccc(OC)c(OC)c1. The molecule has 0 radical (unpaired) electrons. The van der Waals surface area contributed by atoms with Crippen molar-refractivity contribution in [2.45, 2.75) is 19.9 Å². The lowest BCUT2D eigenvalue weighted by Crippen LogP contribution is -2.40. The summed E-state index contributed by atoms with van der Waals surface area (Å²) in [5.41, 5.74) is 1.58. The van der Waals surface area contributed by atoms with Crippen LogP contribution in [0.3, 0.4) is 0 Å². The van der Waals surface area contributed by atoms with E-state index in [1.165, 1.54) is 30.1 Å². The van der Waals surface area contributed by atoms with E-state index in [0.29, 0.717) is 47.7 Å². The summed E-state index contributed by atoms with van der Waals surface area (Å²) in [5.74, 6) is 0.445. The third-order valence-corrected chi connectivity index (χ3v) is 7.16. The summed E-state index contributed by atoms with van der Waals surface area (Å²) in [5, 5.41) is 0.839. The number of allylic oxidation sites excluding steroid dienone is 1. The fourth-order valence-corrected chi connectivity index (χ4v) is 5.44. The Morgan fingerprint density at radius 2 is 1.83 bits per heavy atom. The molecule has 4 rings (SSSR count). The van der Waals surface area contributed by atoms with E-state index >= 15 is 0 Å². The van der Waals surface area contributed by atoms with Crippen molar-refractivity contribution in [3.8, 4) is 11.5 Å². The third-order valence-electron chi connectivity index (χ3n) is 5.52. The second-order valence-electron chi connectivity index (χ2n) is 7.55. The molecule has 0 bridgehead atoms. The molecule has 0 N–H and O–H groups in total. The number of carbonyl (C=O) groups excluding carboxylic acids is 1. The minimum Gasteiger partial charge on any atom is -0.493 e. The van der Waals surface area contributed by atoms with Crippen LogP contribution in [-0.4, -0.2) is 31.4 Å². The van der Waals surface area contributed by atoms with Crippen molar-refractivity contribution in [2.24, 2.45) is 4.99 Å². The van der Waals surface area contributed by atoms with Gasteiger partial charge in [0.25, 0.3) is 5.56 Å². The van der Waals surface area contributed by atoms with Crippen LogP contribution in [0.25, 0.3) is 6.08 Å². The lowest BCUT2D eigenvalue weighted by atomic mass is 9.95. The Morgan fingerprint density at radius 3 is 2.46 bits per heavy atom. The van der Waals surface area contributed by atoms with E-state index in [0.717, 1.165) is 0 Å². The second-order valence-corrected chi connectivity index (χ2v) is 9.38. The summed E-state index contributed by atoms with van der Waals surface area (Å²) in [6, 6.07) is 9.60. The molecular weight excluding hydrogens is 511 g/mol. The van der Waals surface area contributed by atoms with Crippen molar-refractivity contribution < 1.29 is 19.0 Å². The standard InChI is InChI=1S/C25H22Cl2N2O5S/c1-5-34-24(31)21-13(2)28-25-29(22(21)14-9-10-18(32-3)19(11-14)33-4)23(30)20(35-25)12-15-16(26)7-6-8-17(15)27/h6-12,22H,5H2,1-4H3/b20-12+/t22-/m0/s1. The summed E-state index contributed by atoms with van der Waals surface area (Å²) in [4.78, 5) is 31.7. The van der Waals surface area contributed by atoms with Crippen LogP contribution in [0.1, 0.15) is 31.0 Å². The Balaban J connectivity index is 2.00. The molecule has 10 heteroatoms. The van der Waals surface area contributed by atoms with Gasteiger partial charge in [-0.3, -0.25) is 9.36 Å². The van der Waals surface area contributed by atoms with Gasteiger partial charge in [-0.05, 0) is 49.8 Å². The molecule has 1 aromatic heterocycles. The Bertz CT molecular complexity index is 1500. The van der Waals surface area contributed by atoms with Gasteiger partial charge in [0.05, 0.1) is 42.7 Å². The number of ether oxygens (including phenoxy) is 3. The molecule has 3 aromatic rings. The lowest BCUT2D eigenvalue weighted by Gasteiger charge is -2.25. The van der Waals surface area contributed by atoms with Crippen LogP contribution in [0.2, 0.25) is 10.0 Å². The number of methoxy groups -OCH3 is 2. The fourth-order valence-electron chi connectivity index (χ4n) is 3.91. The molecule has 35 heavy (non-hydrogen) atoms. The average molecular weight is 533 g/mol. The second kappa shape index (κ2) is 10.3. The number of hydrogen-bond acceptors (Lipinski definition) is 7. The number of rotatable bonds is 6. The van der Waals surface area contributed by atoms with Gasteiger partial charge in [-0.2, -0.15) is 0 Å². The highest BCUT2D eigenvalue weighted by Gasteiger charge is 2.34. The Morgan fingerprint density at radius 1 is 1.14 bits per heavy atom. The van der Waals surface area contributed by atoms with Crippen LogP contribution in [0.5, 0.6) is 11.5 Å². The number of carbonyl (C=O) groups is 1. The molecule has 0 fully saturated rings. The van der Waals surface area contributed by atoms with Crippen molar-refractivity contribution >= 4 is 46.6 Å². The summed E-state index contributed by atoms with van der Waals surface area (Å²) < 4.78 is 18.0. The highest BCUT2D eigenvalue weighted by molar-refractivity contribution is 7.07. The number of esters is 1. The maximum absolute atomic E-state index is 13.7. The van der Waals surface area contributed by atoms with Crippen molar-refractivity contribution in [1.82, 2.24) is 4.57 Å². The molecule has 0 unspecified atom stereocenters. The topological polar surface area (TPSA) is 79.1 Å². The molecule has 0 saturated carbocycles.